The van der Waals surface area contributed by atoms with Crippen LogP contribution in [-0.4, -0.2) is 23.4 Å². The number of likely N-dealkylation sites (tertiary alicyclic amines) is 1. The number of hydrogen-bond donors (Lipinski definition) is 1. The minimum atomic E-state index is -0.392. The van der Waals surface area contributed by atoms with Crippen molar-refractivity contribution in [1.29, 1.82) is 0 Å². The highest BCUT2D eigenvalue weighted by Gasteiger charge is 2.31. The number of carbonyl (C=O) groups is 1. The van der Waals surface area contributed by atoms with Crippen LogP contribution in [0.15, 0.2) is 23.1 Å². The molecule has 1 aliphatic heterocycles. The Bertz CT molecular complexity index is 461. The highest BCUT2D eigenvalue weighted by molar-refractivity contribution is 7.80. The fourth-order valence-corrected chi connectivity index (χ4v) is 2.76. The molecule has 1 aromatic carbocycles. The van der Waals surface area contributed by atoms with Crippen molar-refractivity contribution in [3.8, 4) is 0 Å². The Labute approximate surface area is 113 Å². The molecule has 0 radical (unpaired) electrons. The normalized spacial score (nSPS) is 19.6. The molecular formula is C14H18FNOS. The summed E-state index contributed by atoms with van der Waals surface area (Å²) in [6.07, 6.45) is 2.10. The third kappa shape index (κ3) is 2.53. The molecule has 1 amide bonds. The van der Waals surface area contributed by atoms with Gasteiger partial charge in [-0.15, -0.1) is 12.6 Å². The van der Waals surface area contributed by atoms with E-state index in [1.54, 1.807) is 0 Å². The first-order chi connectivity index (χ1) is 8.50. The smallest absolute Gasteiger partial charge is 0.254 e. The number of carbonyl (C=O) groups excluding carboxylic acids is 1. The van der Waals surface area contributed by atoms with Gasteiger partial charge >= 0.3 is 0 Å². The molecule has 98 valence electrons. The standard InChI is InChI=1S/C14H18FNOS/c1-9(2)12-4-3-7-16(12)14(17)10-5-6-11(15)13(18)8-10/h5-6,8-9,12,18H,3-4,7H2,1-2H3. The molecule has 0 N–H and O–H groups in total. The average molecular weight is 267 g/mol. The van der Waals surface area contributed by atoms with E-state index in [2.05, 4.69) is 26.5 Å². The maximum absolute atomic E-state index is 13.1. The number of nitrogens with zero attached hydrogens (tertiary/aromatic N) is 1. The van der Waals surface area contributed by atoms with E-state index in [4.69, 9.17) is 0 Å². The second kappa shape index (κ2) is 5.31. The first-order valence-corrected chi connectivity index (χ1v) is 6.75. The summed E-state index contributed by atoms with van der Waals surface area (Å²) in [5, 5.41) is 0. The van der Waals surface area contributed by atoms with Crippen LogP contribution in [0.3, 0.4) is 0 Å². The zero-order valence-corrected chi connectivity index (χ0v) is 11.6. The molecule has 18 heavy (non-hydrogen) atoms. The SMILES string of the molecule is CC(C)C1CCCN1C(=O)c1ccc(F)c(S)c1. The van der Waals surface area contributed by atoms with Crippen LogP contribution in [0.25, 0.3) is 0 Å². The van der Waals surface area contributed by atoms with Crippen LogP contribution in [0.1, 0.15) is 37.0 Å². The van der Waals surface area contributed by atoms with Gasteiger partial charge in [0.15, 0.2) is 0 Å². The largest absolute Gasteiger partial charge is 0.335 e. The molecule has 2 rings (SSSR count). The molecular weight excluding hydrogens is 249 g/mol. The Morgan fingerprint density at radius 3 is 2.83 bits per heavy atom. The van der Waals surface area contributed by atoms with E-state index in [9.17, 15) is 9.18 Å². The van der Waals surface area contributed by atoms with Crippen molar-refractivity contribution < 1.29 is 9.18 Å². The summed E-state index contributed by atoms with van der Waals surface area (Å²) >= 11 is 4.02. The Morgan fingerprint density at radius 2 is 2.22 bits per heavy atom. The van der Waals surface area contributed by atoms with Crippen LogP contribution in [0, 0.1) is 11.7 Å². The molecule has 1 aliphatic rings. The minimum absolute atomic E-state index is 0.0125. The highest BCUT2D eigenvalue weighted by Crippen LogP contribution is 2.26. The van der Waals surface area contributed by atoms with Gasteiger partial charge in [-0.1, -0.05) is 13.8 Å². The molecule has 2 nitrogen and oxygen atoms in total. The number of rotatable bonds is 2. The fraction of sp³-hybridized carbons (Fsp3) is 0.500. The summed E-state index contributed by atoms with van der Waals surface area (Å²) in [7, 11) is 0. The summed E-state index contributed by atoms with van der Waals surface area (Å²) in [5.74, 6) is 0.0468. The predicted octanol–water partition coefficient (Wildman–Crippen LogP) is 3.38. The van der Waals surface area contributed by atoms with Gasteiger partial charge in [0.2, 0.25) is 0 Å². The van der Waals surface area contributed by atoms with Crippen molar-refractivity contribution in [1.82, 2.24) is 4.90 Å². The molecule has 0 aromatic heterocycles. The van der Waals surface area contributed by atoms with Crippen molar-refractivity contribution in [2.75, 3.05) is 6.54 Å². The second-order valence-corrected chi connectivity index (χ2v) is 5.60. The van der Waals surface area contributed by atoms with Crippen LogP contribution in [0.5, 0.6) is 0 Å². The van der Waals surface area contributed by atoms with Gasteiger partial charge in [-0.05, 0) is 37.0 Å². The van der Waals surface area contributed by atoms with Gasteiger partial charge in [0, 0.05) is 23.0 Å². The van der Waals surface area contributed by atoms with E-state index in [-0.39, 0.29) is 10.8 Å². The van der Waals surface area contributed by atoms with Gasteiger partial charge in [-0.3, -0.25) is 4.79 Å². The Morgan fingerprint density at radius 1 is 1.50 bits per heavy atom. The van der Waals surface area contributed by atoms with Crippen LogP contribution < -0.4 is 0 Å². The summed E-state index contributed by atoms with van der Waals surface area (Å²) in [6, 6.07) is 4.64. The molecule has 4 heteroatoms. The molecule has 1 unspecified atom stereocenters. The summed E-state index contributed by atoms with van der Waals surface area (Å²) in [6.45, 7) is 5.05. The lowest BCUT2D eigenvalue weighted by molar-refractivity contribution is 0.0701. The van der Waals surface area contributed by atoms with Crippen LogP contribution >= 0.6 is 12.6 Å². The van der Waals surface area contributed by atoms with Gasteiger partial charge < -0.3 is 4.90 Å². The molecule has 0 spiro atoms. The van der Waals surface area contributed by atoms with Crippen molar-refractivity contribution in [2.45, 2.75) is 37.6 Å². The Kier molecular flexibility index (Phi) is 3.95. The molecule has 0 saturated carbocycles. The zero-order chi connectivity index (χ0) is 13.3. The molecule has 0 bridgehead atoms. The van der Waals surface area contributed by atoms with E-state index in [1.807, 2.05) is 4.90 Å². The molecule has 1 aromatic rings. The quantitative estimate of drug-likeness (QED) is 0.815. The van der Waals surface area contributed by atoms with Gasteiger partial charge in [-0.2, -0.15) is 0 Å². The third-order valence-electron chi connectivity index (χ3n) is 3.52. The molecule has 1 atom stereocenters. The third-order valence-corrected chi connectivity index (χ3v) is 3.87. The molecule has 0 aliphatic carbocycles. The predicted molar refractivity (Wildman–Crippen MR) is 72.5 cm³/mol. The van der Waals surface area contributed by atoms with Gasteiger partial charge in [-0.25, -0.2) is 4.39 Å². The number of thiol groups is 1. The fourth-order valence-electron chi connectivity index (χ4n) is 2.55. The molecule has 1 heterocycles. The van der Waals surface area contributed by atoms with Crippen molar-refractivity contribution in [3.05, 3.63) is 29.6 Å². The Balaban J connectivity index is 2.22. The molecule has 1 saturated heterocycles. The van der Waals surface area contributed by atoms with E-state index in [1.165, 1.54) is 18.2 Å². The van der Waals surface area contributed by atoms with Gasteiger partial charge in [0.05, 0.1) is 0 Å². The topological polar surface area (TPSA) is 20.3 Å². The number of halogens is 1. The number of hydrogen-bond acceptors (Lipinski definition) is 2. The van der Waals surface area contributed by atoms with E-state index in [0.717, 1.165) is 19.4 Å². The summed E-state index contributed by atoms with van der Waals surface area (Å²) in [4.78, 5) is 14.5. The molecule has 1 fully saturated rings. The maximum Gasteiger partial charge on any atom is 0.254 e. The van der Waals surface area contributed by atoms with E-state index >= 15 is 0 Å². The van der Waals surface area contributed by atoms with Gasteiger partial charge in [0.1, 0.15) is 5.82 Å². The lowest BCUT2D eigenvalue weighted by Gasteiger charge is -2.27. The summed E-state index contributed by atoms with van der Waals surface area (Å²) < 4.78 is 13.1. The Hall–Kier alpha value is -1.03. The van der Waals surface area contributed by atoms with E-state index < -0.39 is 5.82 Å². The van der Waals surface area contributed by atoms with Crippen LogP contribution in [0.4, 0.5) is 4.39 Å². The minimum Gasteiger partial charge on any atom is -0.335 e. The number of benzene rings is 1. The van der Waals surface area contributed by atoms with Crippen LogP contribution in [0.2, 0.25) is 0 Å². The lowest BCUT2D eigenvalue weighted by atomic mass is 10.0. The second-order valence-electron chi connectivity index (χ2n) is 5.12. The van der Waals surface area contributed by atoms with Crippen molar-refractivity contribution in [2.24, 2.45) is 5.92 Å². The van der Waals surface area contributed by atoms with Crippen LogP contribution in [-0.2, 0) is 0 Å². The highest BCUT2D eigenvalue weighted by atomic mass is 32.1. The zero-order valence-electron chi connectivity index (χ0n) is 10.7. The average Bonchev–Trinajstić information content (AvgIpc) is 2.81. The first kappa shape index (κ1) is 13.4. The van der Waals surface area contributed by atoms with E-state index in [0.29, 0.717) is 17.5 Å². The maximum atomic E-state index is 13.1. The first-order valence-electron chi connectivity index (χ1n) is 6.30. The number of amides is 1. The van der Waals surface area contributed by atoms with Gasteiger partial charge in [0.25, 0.3) is 5.91 Å². The van der Waals surface area contributed by atoms with Crippen molar-refractivity contribution in [3.63, 3.8) is 0 Å². The monoisotopic (exact) mass is 267 g/mol. The summed E-state index contributed by atoms with van der Waals surface area (Å²) in [5.41, 5.74) is 0.522. The van der Waals surface area contributed by atoms with Crippen molar-refractivity contribution >= 4 is 18.5 Å². The lowest BCUT2D eigenvalue weighted by Crippen LogP contribution is -2.38.